The van der Waals surface area contributed by atoms with Gasteiger partial charge in [0, 0.05) is 49.8 Å². The third kappa shape index (κ3) is 3.85. The lowest BCUT2D eigenvalue weighted by atomic mass is 10.1. The number of aromatic nitrogens is 3. The zero-order valence-corrected chi connectivity index (χ0v) is 16.0. The molecular formula is C22H22N4O3. The first-order valence-electron chi connectivity index (χ1n) is 10.1. The molecule has 2 aliphatic rings. The molecule has 0 bridgehead atoms. The Morgan fingerprint density at radius 2 is 1.86 bits per heavy atom. The summed E-state index contributed by atoms with van der Waals surface area (Å²) < 4.78 is 11.9. The van der Waals surface area contributed by atoms with E-state index in [0.717, 1.165) is 37.0 Å². The maximum absolute atomic E-state index is 13.2. The van der Waals surface area contributed by atoms with Crippen LogP contribution in [0.2, 0.25) is 0 Å². The van der Waals surface area contributed by atoms with Crippen LogP contribution in [0, 0.1) is 0 Å². The minimum atomic E-state index is -0.0456. The SMILES string of the molecule is O=C(c1nc(-c2ccccc2)oc1C1CC1)N1CCC(Oc2cnccn2)CC1. The second-order valence-corrected chi connectivity index (χ2v) is 7.53. The Balaban J connectivity index is 1.29. The Labute approximate surface area is 168 Å². The molecule has 7 nitrogen and oxygen atoms in total. The van der Waals surface area contributed by atoms with Crippen molar-refractivity contribution in [2.75, 3.05) is 13.1 Å². The van der Waals surface area contributed by atoms with Crippen LogP contribution in [0.1, 0.15) is 47.8 Å². The first-order chi connectivity index (χ1) is 14.3. The zero-order valence-electron chi connectivity index (χ0n) is 16.0. The van der Waals surface area contributed by atoms with Gasteiger partial charge in [0.1, 0.15) is 11.9 Å². The summed E-state index contributed by atoms with van der Waals surface area (Å²) in [5.41, 5.74) is 1.36. The number of rotatable bonds is 5. The number of amides is 1. The summed E-state index contributed by atoms with van der Waals surface area (Å²) in [5, 5.41) is 0. The van der Waals surface area contributed by atoms with Gasteiger partial charge in [-0.15, -0.1) is 0 Å². The number of likely N-dealkylation sites (tertiary alicyclic amines) is 1. The highest BCUT2D eigenvalue weighted by Crippen LogP contribution is 2.43. The molecule has 1 amide bonds. The van der Waals surface area contributed by atoms with Gasteiger partial charge in [-0.25, -0.2) is 9.97 Å². The van der Waals surface area contributed by atoms with Gasteiger partial charge in [-0.05, 0) is 25.0 Å². The van der Waals surface area contributed by atoms with Gasteiger partial charge in [-0.3, -0.25) is 9.78 Å². The second-order valence-electron chi connectivity index (χ2n) is 7.53. The second kappa shape index (κ2) is 7.66. The van der Waals surface area contributed by atoms with E-state index in [4.69, 9.17) is 9.15 Å². The summed E-state index contributed by atoms with van der Waals surface area (Å²) in [6.07, 6.45) is 8.50. The van der Waals surface area contributed by atoms with Gasteiger partial charge < -0.3 is 14.1 Å². The lowest BCUT2D eigenvalue weighted by Gasteiger charge is -2.31. The van der Waals surface area contributed by atoms with Crippen LogP contribution in [0.15, 0.2) is 53.3 Å². The minimum Gasteiger partial charge on any atom is -0.473 e. The largest absolute Gasteiger partial charge is 0.473 e. The van der Waals surface area contributed by atoms with Gasteiger partial charge >= 0.3 is 0 Å². The number of nitrogens with zero attached hydrogens (tertiary/aromatic N) is 4. The first kappa shape index (κ1) is 17.8. The van der Waals surface area contributed by atoms with Gasteiger partial charge in [-0.2, -0.15) is 0 Å². The van der Waals surface area contributed by atoms with E-state index < -0.39 is 0 Å². The van der Waals surface area contributed by atoms with E-state index in [9.17, 15) is 4.79 Å². The van der Waals surface area contributed by atoms with E-state index in [2.05, 4.69) is 15.0 Å². The summed E-state index contributed by atoms with van der Waals surface area (Å²) in [4.78, 5) is 27.8. The molecule has 7 heteroatoms. The third-order valence-electron chi connectivity index (χ3n) is 5.38. The standard InChI is InChI=1S/C22H22N4O3/c27-22(26-12-8-17(9-13-26)28-18-14-23-10-11-24-18)19-20(15-6-7-15)29-21(25-19)16-4-2-1-3-5-16/h1-5,10-11,14-15,17H,6-9,12-13H2. The van der Waals surface area contributed by atoms with Crippen LogP contribution in [-0.4, -0.2) is 45.0 Å². The minimum absolute atomic E-state index is 0.0378. The molecule has 3 aromatic rings. The molecule has 148 valence electrons. The Bertz CT molecular complexity index is 978. The molecule has 3 heterocycles. The average molecular weight is 390 g/mol. The summed E-state index contributed by atoms with van der Waals surface area (Å²) in [7, 11) is 0. The molecule has 1 aliphatic heterocycles. The van der Waals surface area contributed by atoms with E-state index >= 15 is 0 Å². The summed E-state index contributed by atoms with van der Waals surface area (Å²) in [5.74, 6) is 2.06. The van der Waals surface area contributed by atoms with E-state index in [0.29, 0.717) is 36.5 Å². The highest BCUT2D eigenvalue weighted by Gasteiger charge is 2.36. The first-order valence-corrected chi connectivity index (χ1v) is 10.1. The normalized spacial score (nSPS) is 17.3. The van der Waals surface area contributed by atoms with Crippen LogP contribution in [-0.2, 0) is 0 Å². The Hall–Kier alpha value is -3.22. The van der Waals surface area contributed by atoms with Gasteiger partial charge in [0.15, 0.2) is 5.69 Å². The van der Waals surface area contributed by atoms with Crippen molar-refractivity contribution in [1.82, 2.24) is 19.9 Å². The molecule has 1 saturated carbocycles. The molecule has 29 heavy (non-hydrogen) atoms. The van der Waals surface area contributed by atoms with E-state index in [1.807, 2.05) is 35.2 Å². The quantitative estimate of drug-likeness (QED) is 0.661. The fourth-order valence-electron chi connectivity index (χ4n) is 3.66. The average Bonchev–Trinajstić information content (AvgIpc) is 3.53. The molecule has 0 spiro atoms. The highest BCUT2D eigenvalue weighted by atomic mass is 16.5. The molecule has 1 aromatic carbocycles. The van der Waals surface area contributed by atoms with Gasteiger partial charge in [0.25, 0.3) is 5.91 Å². The lowest BCUT2D eigenvalue weighted by Crippen LogP contribution is -2.42. The molecule has 0 N–H and O–H groups in total. The molecule has 2 aromatic heterocycles. The number of hydrogen-bond acceptors (Lipinski definition) is 6. The maximum atomic E-state index is 13.2. The van der Waals surface area contributed by atoms with Gasteiger partial charge in [0.2, 0.25) is 11.8 Å². The Kier molecular flexibility index (Phi) is 4.71. The summed E-state index contributed by atoms with van der Waals surface area (Å²) in [6.45, 7) is 1.25. The molecule has 5 rings (SSSR count). The number of carbonyl (C=O) groups is 1. The molecule has 0 radical (unpaired) electrons. The third-order valence-corrected chi connectivity index (χ3v) is 5.38. The van der Waals surface area contributed by atoms with E-state index in [-0.39, 0.29) is 12.0 Å². The van der Waals surface area contributed by atoms with Crippen LogP contribution < -0.4 is 4.74 Å². The van der Waals surface area contributed by atoms with Crippen LogP contribution in [0.25, 0.3) is 11.5 Å². The number of hydrogen-bond donors (Lipinski definition) is 0. The van der Waals surface area contributed by atoms with Crippen molar-refractivity contribution in [3.8, 4) is 17.3 Å². The van der Waals surface area contributed by atoms with Gasteiger partial charge in [0.05, 0.1) is 6.20 Å². The Morgan fingerprint density at radius 1 is 1.07 bits per heavy atom. The van der Waals surface area contributed by atoms with Crippen molar-refractivity contribution < 1.29 is 13.9 Å². The number of ether oxygens (including phenoxy) is 1. The van der Waals surface area contributed by atoms with Crippen LogP contribution >= 0.6 is 0 Å². The predicted octanol–water partition coefficient (Wildman–Crippen LogP) is 3.69. The van der Waals surface area contributed by atoms with Crippen LogP contribution in [0.3, 0.4) is 0 Å². The fraction of sp³-hybridized carbons (Fsp3) is 0.364. The van der Waals surface area contributed by atoms with Crippen molar-refractivity contribution in [2.24, 2.45) is 0 Å². The molecule has 0 unspecified atom stereocenters. The van der Waals surface area contributed by atoms with Crippen LogP contribution in [0.5, 0.6) is 5.88 Å². The van der Waals surface area contributed by atoms with Crippen molar-refractivity contribution in [3.63, 3.8) is 0 Å². The molecular weight excluding hydrogens is 368 g/mol. The van der Waals surface area contributed by atoms with E-state index in [1.54, 1.807) is 18.6 Å². The monoisotopic (exact) mass is 390 g/mol. The van der Waals surface area contributed by atoms with Crippen molar-refractivity contribution in [1.29, 1.82) is 0 Å². The zero-order chi connectivity index (χ0) is 19.6. The topological polar surface area (TPSA) is 81.4 Å². The molecule has 2 fully saturated rings. The van der Waals surface area contributed by atoms with Gasteiger partial charge in [-0.1, -0.05) is 18.2 Å². The summed E-state index contributed by atoms with van der Waals surface area (Å²) >= 11 is 0. The van der Waals surface area contributed by atoms with Crippen molar-refractivity contribution >= 4 is 5.91 Å². The smallest absolute Gasteiger partial charge is 0.276 e. The number of oxazole rings is 1. The molecule has 1 saturated heterocycles. The highest BCUT2D eigenvalue weighted by molar-refractivity contribution is 5.94. The molecule has 1 aliphatic carbocycles. The molecule has 0 atom stereocenters. The Morgan fingerprint density at radius 3 is 2.55 bits per heavy atom. The number of carbonyl (C=O) groups excluding carboxylic acids is 1. The lowest BCUT2D eigenvalue weighted by molar-refractivity contribution is 0.0580. The summed E-state index contributed by atoms with van der Waals surface area (Å²) in [6, 6.07) is 9.74. The predicted molar refractivity (Wildman–Crippen MR) is 105 cm³/mol. The fourth-order valence-corrected chi connectivity index (χ4v) is 3.66. The number of piperidine rings is 1. The van der Waals surface area contributed by atoms with Crippen molar-refractivity contribution in [2.45, 2.75) is 37.7 Å². The van der Waals surface area contributed by atoms with E-state index in [1.165, 1.54) is 0 Å². The number of benzene rings is 1. The van der Waals surface area contributed by atoms with Crippen LogP contribution in [0.4, 0.5) is 0 Å². The maximum Gasteiger partial charge on any atom is 0.276 e. The van der Waals surface area contributed by atoms with Crippen molar-refractivity contribution in [3.05, 3.63) is 60.4 Å².